The number of nitrogens with one attached hydrogen (secondary N) is 1. The molecule has 0 fully saturated rings. The van der Waals surface area contributed by atoms with Crippen molar-refractivity contribution in [1.82, 2.24) is 5.32 Å². The van der Waals surface area contributed by atoms with Gasteiger partial charge in [-0.05, 0) is 44.5 Å². The number of fused-ring (bicyclic) bond motifs is 1. The number of amides is 1. The summed E-state index contributed by atoms with van der Waals surface area (Å²) in [6, 6.07) is 5.78. The van der Waals surface area contributed by atoms with Crippen molar-refractivity contribution in [2.24, 2.45) is 0 Å². The third kappa shape index (κ3) is 2.89. The molecular weight excluding hydrogens is 242 g/mol. The fourth-order valence-corrected chi connectivity index (χ4v) is 2.07. The molecule has 0 saturated carbocycles. The fourth-order valence-electron chi connectivity index (χ4n) is 2.07. The molecule has 4 heteroatoms. The summed E-state index contributed by atoms with van der Waals surface area (Å²) in [5.74, 6) is 1.47. The predicted octanol–water partition coefficient (Wildman–Crippen LogP) is 2.82. The SMILES string of the molecule is COc1ccc2oc(CC(=O)NC(C)C)c(C)c2c1. The largest absolute Gasteiger partial charge is 0.497 e. The van der Waals surface area contributed by atoms with Crippen LogP contribution >= 0.6 is 0 Å². The van der Waals surface area contributed by atoms with Gasteiger partial charge in [0.25, 0.3) is 0 Å². The van der Waals surface area contributed by atoms with E-state index in [4.69, 9.17) is 9.15 Å². The van der Waals surface area contributed by atoms with Gasteiger partial charge in [-0.2, -0.15) is 0 Å². The van der Waals surface area contributed by atoms with Crippen molar-refractivity contribution in [3.63, 3.8) is 0 Å². The summed E-state index contributed by atoms with van der Waals surface area (Å²) >= 11 is 0. The van der Waals surface area contributed by atoms with E-state index in [1.165, 1.54) is 0 Å². The highest BCUT2D eigenvalue weighted by Crippen LogP contribution is 2.28. The molecule has 0 aliphatic rings. The zero-order valence-corrected chi connectivity index (χ0v) is 11.7. The summed E-state index contributed by atoms with van der Waals surface area (Å²) in [6.45, 7) is 5.84. The zero-order valence-electron chi connectivity index (χ0n) is 11.7. The van der Waals surface area contributed by atoms with Crippen molar-refractivity contribution in [3.05, 3.63) is 29.5 Å². The van der Waals surface area contributed by atoms with Crippen LogP contribution in [0.4, 0.5) is 0 Å². The summed E-state index contributed by atoms with van der Waals surface area (Å²) in [4.78, 5) is 11.8. The maximum absolute atomic E-state index is 11.8. The van der Waals surface area contributed by atoms with E-state index in [1.807, 2.05) is 39.0 Å². The molecule has 0 bridgehead atoms. The third-order valence-corrected chi connectivity index (χ3v) is 3.01. The second kappa shape index (κ2) is 5.34. The van der Waals surface area contributed by atoms with Crippen LogP contribution in [0.5, 0.6) is 5.75 Å². The first-order valence-electron chi connectivity index (χ1n) is 6.36. The average Bonchev–Trinajstić information content (AvgIpc) is 2.65. The summed E-state index contributed by atoms with van der Waals surface area (Å²) in [6.07, 6.45) is 0.265. The molecule has 19 heavy (non-hydrogen) atoms. The van der Waals surface area contributed by atoms with E-state index in [2.05, 4.69) is 5.32 Å². The minimum Gasteiger partial charge on any atom is -0.497 e. The second-order valence-corrected chi connectivity index (χ2v) is 4.91. The first-order valence-corrected chi connectivity index (χ1v) is 6.36. The van der Waals surface area contributed by atoms with Crippen molar-refractivity contribution < 1.29 is 13.9 Å². The van der Waals surface area contributed by atoms with E-state index < -0.39 is 0 Å². The van der Waals surface area contributed by atoms with Crippen molar-refractivity contribution in [3.8, 4) is 5.75 Å². The molecule has 102 valence electrons. The summed E-state index contributed by atoms with van der Waals surface area (Å²) in [7, 11) is 1.63. The van der Waals surface area contributed by atoms with Crippen LogP contribution < -0.4 is 10.1 Å². The van der Waals surface area contributed by atoms with Gasteiger partial charge in [0, 0.05) is 11.4 Å². The molecule has 1 amide bonds. The normalized spacial score (nSPS) is 11.0. The highest BCUT2D eigenvalue weighted by atomic mass is 16.5. The lowest BCUT2D eigenvalue weighted by Gasteiger charge is -2.06. The van der Waals surface area contributed by atoms with E-state index in [0.717, 1.165) is 22.3 Å². The number of hydrogen-bond donors (Lipinski definition) is 1. The smallest absolute Gasteiger partial charge is 0.227 e. The van der Waals surface area contributed by atoms with Crippen LogP contribution in [0.15, 0.2) is 22.6 Å². The first-order chi connectivity index (χ1) is 9.01. The number of furan rings is 1. The summed E-state index contributed by atoms with van der Waals surface area (Å²) in [5.41, 5.74) is 1.78. The molecule has 4 nitrogen and oxygen atoms in total. The maximum atomic E-state index is 11.8. The Labute approximate surface area is 112 Å². The third-order valence-electron chi connectivity index (χ3n) is 3.01. The molecule has 1 aromatic carbocycles. The van der Waals surface area contributed by atoms with Gasteiger partial charge in [-0.1, -0.05) is 0 Å². The van der Waals surface area contributed by atoms with Crippen LogP contribution in [0.2, 0.25) is 0 Å². The lowest BCUT2D eigenvalue weighted by molar-refractivity contribution is -0.121. The molecule has 0 unspecified atom stereocenters. The van der Waals surface area contributed by atoms with Crippen LogP contribution in [-0.4, -0.2) is 19.1 Å². The van der Waals surface area contributed by atoms with Gasteiger partial charge >= 0.3 is 0 Å². The molecule has 0 spiro atoms. The minimum atomic E-state index is -0.0240. The van der Waals surface area contributed by atoms with Crippen molar-refractivity contribution in [2.45, 2.75) is 33.2 Å². The molecule has 0 aliphatic carbocycles. The Balaban J connectivity index is 2.29. The fraction of sp³-hybridized carbons (Fsp3) is 0.400. The van der Waals surface area contributed by atoms with Crippen molar-refractivity contribution in [1.29, 1.82) is 0 Å². The van der Waals surface area contributed by atoms with E-state index in [9.17, 15) is 4.79 Å². The Morgan fingerprint density at radius 3 is 2.79 bits per heavy atom. The Morgan fingerprint density at radius 1 is 1.42 bits per heavy atom. The molecule has 1 aromatic heterocycles. The lowest BCUT2D eigenvalue weighted by Crippen LogP contribution is -2.31. The monoisotopic (exact) mass is 261 g/mol. The second-order valence-electron chi connectivity index (χ2n) is 4.91. The van der Waals surface area contributed by atoms with Gasteiger partial charge in [-0.15, -0.1) is 0 Å². The van der Waals surface area contributed by atoms with E-state index in [0.29, 0.717) is 5.76 Å². The van der Waals surface area contributed by atoms with Crippen LogP contribution in [0.1, 0.15) is 25.2 Å². The number of aryl methyl sites for hydroxylation is 1. The number of ether oxygens (including phenoxy) is 1. The summed E-state index contributed by atoms with van der Waals surface area (Å²) in [5, 5.41) is 3.85. The molecule has 0 radical (unpaired) electrons. The van der Waals surface area contributed by atoms with Gasteiger partial charge in [0.15, 0.2) is 0 Å². The highest BCUT2D eigenvalue weighted by molar-refractivity contribution is 5.86. The Hall–Kier alpha value is -1.97. The molecule has 0 saturated heterocycles. The average molecular weight is 261 g/mol. The molecule has 1 N–H and O–H groups in total. The number of hydrogen-bond acceptors (Lipinski definition) is 3. The molecule has 2 aromatic rings. The van der Waals surface area contributed by atoms with Gasteiger partial charge in [0.1, 0.15) is 17.1 Å². The van der Waals surface area contributed by atoms with E-state index in [1.54, 1.807) is 7.11 Å². The highest BCUT2D eigenvalue weighted by Gasteiger charge is 2.14. The molecule has 1 heterocycles. The molecular formula is C15H19NO3. The minimum absolute atomic E-state index is 0.0240. The molecule has 0 aliphatic heterocycles. The van der Waals surface area contributed by atoms with E-state index >= 15 is 0 Å². The standard InChI is InChI=1S/C15H19NO3/c1-9(2)16-15(17)8-14-10(3)12-7-11(18-4)5-6-13(12)19-14/h5-7,9H,8H2,1-4H3,(H,16,17). The van der Waals surface area contributed by atoms with Crippen LogP contribution in [-0.2, 0) is 11.2 Å². The quantitative estimate of drug-likeness (QED) is 0.920. The Bertz CT molecular complexity index is 599. The lowest BCUT2D eigenvalue weighted by atomic mass is 10.1. The van der Waals surface area contributed by atoms with Gasteiger partial charge in [-0.25, -0.2) is 0 Å². The molecule has 2 rings (SSSR count). The Morgan fingerprint density at radius 2 is 2.16 bits per heavy atom. The molecule has 0 atom stereocenters. The van der Waals surface area contributed by atoms with Gasteiger partial charge < -0.3 is 14.5 Å². The number of carbonyl (C=O) groups excluding carboxylic acids is 1. The maximum Gasteiger partial charge on any atom is 0.227 e. The van der Waals surface area contributed by atoms with E-state index in [-0.39, 0.29) is 18.4 Å². The number of methoxy groups -OCH3 is 1. The topological polar surface area (TPSA) is 51.5 Å². The number of benzene rings is 1. The summed E-state index contributed by atoms with van der Waals surface area (Å²) < 4.78 is 10.9. The van der Waals surface area contributed by atoms with Crippen LogP contribution in [0.25, 0.3) is 11.0 Å². The predicted molar refractivity (Wildman–Crippen MR) is 74.5 cm³/mol. The number of rotatable bonds is 4. The number of carbonyl (C=O) groups is 1. The van der Waals surface area contributed by atoms with Gasteiger partial charge in [-0.3, -0.25) is 4.79 Å². The van der Waals surface area contributed by atoms with Gasteiger partial charge in [0.2, 0.25) is 5.91 Å². The Kier molecular flexibility index (Phi) is 3.79. The van der Waals surface area contributed by atoms with Crippen LogP contribution in [0.3, 0.4) is 0 Å². The van der Waals surface area contributed by atoms with Crippen LogP contribution in [0, 0.1) is 6.92 Å². The van der Waals surface area contributed by atoms with Crippen molar-refractivity contribution in [2.75, 3.05) is 7.11 Å². The van der Waals surface area contributed by atoms with Gasteiger partial charge in [0.05, 0.1) is 13.5 Å². The van der Waals surface area contributed by atoms with Crippen molar-refractivity contribution >= 4 is 16.9 Å². The zero-order chi connectivity index (χ0) is 14.0. The first kappa shape index (κ1) is 13.5.